The van der Waals surface area contributed by atoms with Crippen LogP contribution < -0.4 is 10.6 Å². The summed E-state index contributed by atoms with van der Waals surface area (Å²) in [6.45, 7) is 8.06. The van der Waals surface area contributed by atoms with Crippen LogP contribution >= 0.6 is 0 Å². The van der Waals surface area contributed by atoms with Gasteiger partial charge in [-0.05, 0) is 18.4 Å². The number of benzene rings is 1. The smallest absolute Gasteiger partial charge is 0.191 e. The first-order valence-corrected chi connectivity index (χ1v) is 9.25. The first-order valence-electron chi connectivity index (χ1n) is 9.25. The van der Waals surface area contributed by atoms with E-state index >= 15 is 0 Å². The van der Waals surface area contributed by atoms with E-state index in [2.05, 4.69) is 32.7 Å². The molecule has 1 aliphatic heterocycles. The molecule has 0 aromatic heterocycles. The van der Waals surface area contributed by atoms with Crippen molar-refractivity contribution in [2.24, 2.45) is 4.99 Å². The summed E-state index contributed by atoms with van der Waals surface area (Å²) in [6.07, 6.45) is 2.11. The summed E-state index contributed by atoms with van der Waals surface area (Å²) in [4.78, 5) is 6.67. The van der Waals surface area contributed by atoms with Crippen molar-refractivity contribution >= 4 is 5.96 Å². The number of ether oxygens (including phenoxy) is 2. The molecule has 0 saturated carbocycles. The summed E-state index contributed by atoms with van der Waals surface area (Å²) >= 11 is 0. The Hall–Kier alpha value is -1.63. The molecule has 6 nitrogen and oxygen atoms in total. The molecule has 1 fully saturated rings. The molecule has 0 bridgehead atoms. The highest BCUT2D eigenvalue weighted by molar-refractivity contribution is 5.79. The van der Waals surface area contributed by atoms with Crippen LogP contribution in [0.15, 0.2) is 35.3 Å². The molecule has 0 radical (unpaired) electrons. The van der Waals surface area contributed by atoms with Crippen LogP contribution in [0.4, 0.5) is 0 Å². The molecular formula is C19H32N4O2. The molecule has 2 rings (SSSR count). The Bertz CT molecular complexity index is 476. The maximum absolute atomic E-state index is 5.70. The molecule has 0 spiro atoms. The van der Waals surface area contributed by atoms with E-state index in [1.54, 1.807) is 0 Å². The van der Waals surface area contributed by atoms with Crippen LogP contribution in [-0.4, -0.2) is 70.5 Å². The van der Waals surface area contributed by atoms with Crippen molar-refractivity contribution in [2.75, 3.05) is 59.6 Å². The maximum Gasteiger partial charge on any atom is 0.191 e. The van der Waals surface area contributed by atoms with Gasteiger partial charge >= 0.3 is 0 Å². The number of morpholine rings is 1. The Balaban J connectivity index is 1.44. The van der Waals surface area contributed by atoms with Crippen molar-refractivity contribution in [2.45, 2.75) is 19.4 Å². The highest BCUT2D eigenvalue weighted by atomic mass is 16.5. The third kappa shape index (κ3) is 8.86. The van der Waals surface area contributed by atoms with Crippen LogP contribution in [0.3, 0.4) is 0 Å². The fraction of sp³-hybridized carbons (Fsp3) is 0.632. The van der Waals surface area contributed by atoms with Gasteiger partial charge in [0.2, 0.25) is 0 Å². The van der Waals surface area contributed by atoms with Crippen LogP contribution in [0.1, 0.15) is 18.4 Å². The third-order valence-electron chi connectivity index (χ3n) is 4.17. The lowest BCUT2D eigenvalue weighted by Gasteiger charge is -2.26. The van der Waals surface area contributed by atoms with E-state index in [9.17, 15) is 0 Å². The highest BCUT2D eigenvalue weighted by Gasteiger charge is 2.09. The standard InChI is InChI=1S/C19H32N4O2/c1-20-19(22-10-11-23-12-15-24-16-13-23)21-9-5-6-14-25-17-18-7-3-2-4-8-18/h2-4,7-8H,5-6,9-17H2,1H3,(H2,20,21,22). The Kier molecular flexibility index (Phi) is 10.00. The predicted molar refractivity (Wildman–Crippen MR) is 102 cm³/mol. The molecule has 0 atom stereocenters. The molecule has 1 aliphatic rings. The minimum absolute atomic E-state index is 0.693. The van der Waals surface area contributed by atoms with Gasteiger partial charge in [-0.2, -0.15) is 0 Å². The molecule has 1 aromatic rings. The largest absolute Gasteiger partial charge is 0.379 e. The molecule has 1 saturated heterocycles. The second-order valence-electron chi connectivity index (χ2n) is 6.13. The quantitative estimate of drug-likeness (QED) is 0.381. The molecule has 2 N–H and O–H groups in total. The molecular weight excluding hydrogens is 316 g/mol. The van der Waals surface area contributed by atoms with Crippen LogP contribution in [-0.2, 0) is 16.1 Å². The van der Waals surface area contributed by atoms with Gasteiger partial charge in [0.25, 0.3) is 0 Å². The Labute approximate surface area is 151 Å². The molecule has 140 valence electrons. The van der Waals surface area contributed by atoms with Crippen molar-refractivity contribution in [3.8, 4) is 0 Å². The van der Waals surface area contributed by atoms with Gasteiger partial charge in [0.15, 0.2) is 5.96 Å². The van der Waals surface area contributed by atoms with Gasteiger partial charge in [0.05, 0.1) is 19.8 Å². The zero-order chi connectivity index (χ0) is 17.6. The average molecular weight is 348 g/mol. The van der Waals surface area contributed by atoms with E-state index in [1.165, 1.54) is 5.56 Å². The number of unbranched alkanes of at least 4 members (excludes halogenated alkanes) is 1. The number of hydrogen-bond acceptors (Lipinski definition) is 4. The van der Waals surface area contributed by atoms with Gasteiger partial charge in [-0.3, -0.25) is 9.89 Å². The summed E-state index contributed by atoms with van der Waals surface area (Å²) in [7, 11) is 1.81. The van der Waals surface area contributed by atoms with Gasteiger partial charge in [-0.1, -0.05) is 30.3 Å². The average Bonchev–Trinajstić information content (AvgIpc) is 2.67. The number of guanidine groups is 1. The summed E-state index contributed by atoms with van der Waals surface area (Å²) in [6, 6.07) is 10.3. The first-order chi connectivity index (χ1) is 12.4. The zero-order valence-electron chi connectivity index (χ0n) is 15.4. The number of nitrogens with zero attached hydrogens (tertiary/aromatic N) is 2. The Morgan fingerprint density at radius 1 is 1.12 bits per heavy atom. The van der Waals surface area contributed by atoms with Crippen LogP contribution in [0.2, 0.25) is 0 Å². The second kappa shape index (κ2) is 12.7. The van der Waals surface area contributed by atoms with Gasteiger partial charge in [0.1, 0.15) is 0 Å². The number of nitrogens with one attached hydrogen (secondary N) is 2. The molecule has 0 unspecified atom stereocenters. The zero-order valence-corrected chi connectivity index (χ0v) is 15.4. The lowest BCUT2D eigenvalue weighted by Crippen LogP contribution is -2.44. The minimum atomic E-state index is 0.693. The number of rotatable bonds is 10. The summed E-state index contributed by atoms with van der Waals surface area (Å²) in [5.41, 5.74) is 1.23. The summed E-state index contributed by atoms with van der Waals surface area (Å²) < 4.78 is 11.1. The van der Waals surface area contributed by atoms with Crippen LogP contribution in [0.5, 0.6) is 0 Å². The van der Waals surface area contributed by atoms with E-state index in [0.717, 1.165) is 71.3 Å². The fourth-order valence-electron chi connectivity index (χ4n) is 2.68. The van der Waals surface area contributed by atoms with Crippen molar-refractivity contribution in [1.82, 2.24) is 15.5 Å². The number of aliphatic imine (C=N–C) groups is 1. The SMILES string of the molecule is CN=C(NCCCCOCc1ccccc1)NCCN1CCOCC1. The molecule has 1 heterocycles. The van der Waals surface area contributed by atoms with Gasteiger partial charge in [0, 0.05) is 46.4 Å². The predicted octanol–water partition coefficient (Wildman–Crippen LogP) is 1.48. The highest BCUT2D eigenvalue weighted by Crippen LogP contribution is 2.01. The van der Waals surface area contributed by atoms with Gasteiger partial charge < -0.3 is 20.1 Å². The lowest BCUT2D eigenvalue weighted by atomic mass is 10.2. The van der Waals surface area contributed by atoms with E-state index in [-0.39, 0.29) is 0 Å². The third-order valence-corrected chi connectivity index (χ3v) is 4.17. The monoisotopic (exact) mass is 348 g/mol. The summed E-state index contributed by atoms with van der Waals surface area (Å²) in [5, 5.41) is 6.72. The molecule has 6 heteroatoms. The van der Waals surface area contributed by atoms with Crippen LogP contribution in [0, 0.1) is 0 Å². The maximum atomic E-state index is 5.70. The minimum Gasteiger partial charge on any atom is -0.379 e. The molecule has 0 aliphatic carbocycles. The van der Waals surface area contributed by atoms with E-state index < -0.39 is 0 Å². The van der Waals surface area contributed by atoms with Gasteiger partial charge in [-0.15, -0.1) is 0 Å². The van der Waals surface area contributed by atoms with Crippen molar-refractivity contribution in [3.05, 3.63) is 35.9 Å². The van der Waals surface area contributed by atoms with Crippen molar-refractivity contribution in [1.29, 1.82) is 0 Å². The molecule has 25 heavy (non-hydrogen) atoms. The Morgan fingerprint density at radius 2 is 1.88 bits per heavy atom. The van der Waals surface area contributed by atoms with Crippen LogP contribution in [0.25, 0.3) is 0 Å². The first kappa shape index (κ1) is 19.7. The Morgan fingerprint density at radius 3 is 2.64 bits per heavy atom. The van der Waals surface area contributed by atoms with E-state index in [0.29, 0.717) is 6.61 Å². The van der Waals surface area contributed by atoms with Gasteiger partial charge in [-0.25, -0.2) is 0 Å². The lowest BCUT2D eigenvalue weighted by molar-refractivity contribution is 0.0389. The molecule has 1 aromatic carbocycles. The van der Waals surface area contributed by atoms with Crippen molar-refractivity contribution in [3.63, 3.8) is 0 Å². The topological polar surface area (TPSA) is 58.1 Å². The van der Waals surface area contributed by atoms with Crippen molar-refractivity contribution < 1.29 is 9.47 Å². The molecule has 0 amide bonds. The van der Waals surface area contributed by atoms with E-state index in [4.69, 9.17) is 9.47 Å². The second-order valence-corrected chi connectivity index (χ2v) is 6.13. The summed E-state index contributed by atoms with van der Waals surface area (Å²) in [5.74, 6) is 0.874. The van der Waals surface area contributed by atoms with E-state index in [1.807, 2.05) is 25.2 Å². The number of hydrogen-bond donors (Lipinski definition) is 2. The fourth-order valence-corrected chi connectivity index (χ4v) is 2.68. The normalized spacial score (nSPS) is 16.0.